The highest BCUT2D eigenvalue weighted by Gasteiger charge is 2.30. The number of Topliss-reactive ketones (excluding diaryl/α,β-unsaturated/α-hetero) is 1. The van der Waals surface area contributed by atoms with Crippen LogP contribution in [-0.4, -0.2) is 43.7 Å². The second-order valence-electron chi connectivity index (χ2n) is 10.3. The molecule has 0 spiro atoms. The lowest BCUT2D eigenvalue weighted by molar-refractivity contribution is -0.0257. The van der Waals surface area contributed by atoms with Gasteiger partial charge in [0.1, 0.15) is 0 Å². The molecule has 33 heavy (non-hydrogen) atoms. The summed E-state index contributed by atoms with van der Waals surface area (Å²) in [5, 5.41) is 0. The molecule has 0 aliphatic carbocycles. The highest BCUT2D eigenvalue weighted by molar-refractivity contribution is 7.91. The van der Waals surface area contributed by atoms with Crippen LogP contribution >= 0.6 is 0 Å². The molecule has 180 valence electrons. The Morgan fingerprint density at radius 2 is 1.70 bits per heavy atom. The standard InChI is InChI=1S/C27H37NO4S/c1-18-14-25(28-16-19(2)32-21(4)20(28)3)13-12-24(18)15-26(29)23-10-8-22(9-11-23)17-33(30,31)27(5,6)7/h8-14,19-21H,15-17H2,1-7H3/t19-,20?,21+/m0/s1. The van der Waals surface area contributed by atoms with E-state index >= 15 is 0 Å². The number of rotatable bonds is 6. The van der Waals surface area contributed by atoms with Crippen molar-refractivity contribution in [3.63, 3.8) is 0 Å². The van der Waals surface area contributed by atoms with Crippen LogP contribution in [0.2, 0.25) is 0 Å². The number of ketones is 1. The Bertz CT molecular complexity index is 1100. The van der Waals surface area contributed by atoms with Crippen LogP contribution in [0.1, 0.15) is 68.6 Å². The topological polar surface area (TPSA) is 63.7 Å². The molecule has 1 aliphatic heterocycles. The number of ether oxygens (including phenoxy) is 1. The van der Waals surface area contributed by atoms with Gasteiger partial charge in [0, 0.05) is 24.2 Å². The predicted octanol–water partition coefficient (Wildman–Crippen LogP) is 5.14. The molecule has 5 nitrogen and oxygen atoms in total. The van der Waals surface area contributed by atoms with E-state index in [1.54, 1.807) is 45.0 Å². The molecule has 0 aromatic heterocycles. The van der Waals surface area contributed by atoms with Crippen molar-refractivity contribution >= 4 is 21.3 Å². The quantitative estimate of drug-likeness (QED) is 0.546. The van der Waals surface area contributed by atoms with Crippen molar-refractivity contribution in [3.05, 3.63) is 64.7 Å². The smallest absolute Gasteiger partial charge is 0.167 e. The Balaban J connectivity index is 1.70. The fourth-order valence-electron chi connectivity index (χ4n) is 4.12. The molecule has 1 heterocycles. The van der Waals surface area contributed by atoms with E-state index in [1.165, 1.54) is 0 Å². The lowest BCUT2D eigenvalue weighted by atomic mass is 9.97. The van der Waals surface area contributed by atoms with Crippen LogP contribution < -0.4 is 4.90 Å². The first-order valence-corrected chi connectivity index (χ1v) is 13.3. The molecule has 0 N–H and O–H groups in total. The minimum atomic E-state index is -3.26. The molecule has 1 saturated heterocycles. The zero-order chi connectivity index (χ0) is 24.6. The van der Waals surface area contributed by atoms with Gasteiger partial charge in [0.2, 0.25) is 0 Å². The third kappa shape index (κ3) is 5.85. The Morgan fingerprint density at radius 3 is 2.27 bits per heavy atom. The van der Waals surface area contributed by atoms with Crippen molar-refractivity contribution in [1.29, 1.82) is 0 Å². The van der Waals surface area contributed by atoms with Gasteiger partial charge < -0.3 is 9.64 Å². The molecule has 1 aliphatic rings. The third-order valence-corrected chi connectivity index (χ3v) is 9.23. The summed E-state index contributed by atoms with van der Waals surface area (Å²) in [6.45, 7) is 14.4. The van der Waals surface area contributed by atoms with Gasteiger partial charge >= 0.3 is 0 Å². The van der Waals surface area contributed by atoms with Gasteiger partial charge in [-0.05, 0) is 77.3 Å². The van der Waals surface area contributed by atoms with E-state index in [9.17, 15) is 13.2 Å². The number of sulfone groups is 1. The highest BCUT2D eigenvalue weighted by atomic mass is 32.2. The fourth-order valence-corrected chi connectivity index (χ4v) is 5.18. The maximum absolute atomic E-state index is 12.9. The van der Waals surface area contributed by atoms with E-state index in [4.69, 9.17) is 4.74 Å². The SMILES string of the molecule is Cc1cc(N2C[C@H](C)O[C@H](C)C2C)ccc1CC(=O)c1ccc(CS(=O)(=O)C(C)(C)C)cc1. The molecule has 1 unspecified atom stereocenters. The summed E-state index contributed by atoms with van der Waals surface area (Å²) in [6.07, 6.45) is 0.660. The Labute approximate surface area is 199 Å². The van der Waals surface area contributed by atoms with Crippen LogP contribution in [0, 0.1) is 6.92 Å². The van der Waals surface area contributed by atoms with Crippen LogP contribution in [-0.2, 0) is 26.7 Å². The Hall–Kier alpha value is -2.18. The average Bonchev–Trinajstić information content (AvgIpc) is 2.71. The number of morpholine rings is 1. The molecule has 0 radical (unpaired) electrons. The maximum atomic E-state index is 12.9. The van der Waals surface area contributed by atoms with E-state index in [0.29, 0.717) is 17.5 Å². The predicted molar refractivity (Wildman–Crippen MR) is 135 cm³/mol. The minimum absolute atomic E-state index is 0.0251. The maximum Gasteiger partial charge on any atom is 0.167 e. The summed E-state index contributed by atoms with van der Waals surface area (Å²) in [7, 11) is -3.26. The van der Waals surface area contributed by atoms with Gasteiger partial charge in [-0.25, -0.2) is 8.42 Å². The number of carbonyl (C=O) groups is 1. The van der Waals surface area contributed by atoms with Crippen LogP contribution in [0.15, 0.2) is 42.5 Å². The molecular formula is C27H37NO4S. The molecule has 3 atom stereocenters. The summed E-state index contributed by atoms with van der Waals surface area (Å²) >= 11 is 0. The van der Waals surface area contributed by atoms with Gasteiger partial charge in [-0.1, -0.05) is 30.3 Å². The number of anilines is 1. The number of aryl methyl sites for hydroxylation is 1. The minimum Gasteiger partial charge on any atom is -0.372 e. The van der Waals surface area contributed by atoms with Crippen molar-refractivity contribution in [1.82, 2.24) is 0 Å². The number of hydrogen-bond donors (Lipinski definition) is 0. The fraction of sp³-hybridized carbons (Fsp3) is 0.519. The van der Waals surface area contributed by atoms with E-state index in [-0.39, 0.29) is 29.8 Å². The average molecular weight is 472 g/mol. The first kappa shape index (κ1) is 25.4. The zero-order valence-electron chi connectivity index (χ0n) is 20.9. The van der Waals surface area contributed by atoms with Crippen molar-refractivity contribution in [2.24, 2.45) is 0 Å². The van der Waals surface area contributed by atoms with Crippen LogP contribution in [0.4, 0.5) is 5.69 Å². The zero-order valence-corrected chi connectivity index (χ0v) is 21.7. The molecule has 3 rings (SSSR count). The molecule has 0 saturated carbocycles. The van der Waals surface area contributed by atoms with E-state index in [0.717, 1.165) is 23.4 Å². The number of carbonyl (C=O) groups excluding carboxylic acids is 1. The number of hydrogen-bond acceptors (Lipinski definition) is 5. The number of benzene rings is 2. The van der Waals surface area contributed by atoms with Crippen molar-refractivity contribution in [2.75, 3.05) is 11.4 Å². The van der Waals surface area contributed by atoms with Gasteiger partial charge in [-0.3, -0.25) is 4.79 Å². The van der Waals surface area contributed by atoms with Gasteiger partial charge in [-0.15, -0.1) is 0 Å². The first-order chi connectivity index (χ1) is 15.3. The number of nitrogens with zero attached hydrogens (tertiary/aromatic N) is 1. The summed E-state index contributed by atoms with van der Waals surface area (Å²) in [5.74, 6) is 0.000923. The lowest BCUT2D eigenvalue weighted by Crippen LogP contribution is -2.52. The van der Waals surface area contributed by atoms with Crippen LogP contribution in [0.5, 0.6) is 0 Å². The molecule has 0 amide bonds. The van der Waals surface area contributed by atoms with Gasteiger partial charge in [0.15, 0.2) is 15.6 Å². The van der Waals surface area contributed by atoms with E-state index in [1.807, 2.05) is 13.0 Å². The monoisotopic (exact) mass is 471 g/mol. The molecule has 6 heteroatoms. The molecule has 0 bridgehead atoms. The first-order valence-electron chi connectivity index (χ1n) is 11.6. The van der Waals surface area contributed by atoms with Gasteiger partial charge in [-0.2, -0.15) is 0 Å². The summed E-state index contributed by atoms with van der Waals surface area (Å²) < 4.78 is 30.0. The van der Waals surface area contributed by atoms with Crippen LogP contribution in [0.25, 0.3) is 0 Å². The Kier molecular flexibility index (Phi) is 7.39. The molecule has 2 aromatic carbocycles. The van der Waals surface area contributed by atoms with Crippen LogP contribution in [0.3, 0.4) is 0 Å². The van der Waals surface area contributed by atoms with Crippen molar-refractivity contribution in [2.45, 2.75) is 83.6 Å². The van der Waals surface area contributed by atoms with E-state index in [2.05, 4.69) is 37.8 Å². The van der Waals surface area contributed by atoms with Gasteiger partial charge in [0.25, 0.3) is 0 Å². The second-order valence-corrected chi connectivity index (χ2v) is 13.1. The summed E-state index contributed by atoms with van der Waals surface area (Å²) in [5.41, 5.74) is 4.55. The molecule has 2 aromatic rings. The Morgan fingerprint density at radius 1 is 1.06 bits per heavy atom. The normalized spacial score (nSPS) is 21.8. The van der Waals surface area contributed by atoms with E-state index < -0.39 is 14.6 Å². The lowest BCUT2D eigenvalue weighted by Gasteiger charge is -2.42. The summed E-state index contributed by atoms with van der Waals surface area (Å²) in [4.78, 5) is 15.3. The molecule has 1 fully saturated rings. The van der Waals surface area contributed by atoms with Crippen molar-refractivity contribution in [3.8, 4) is 0 Å². The molecular weight excluding hydrogens is 434 g/mol. The third-order valence-electron chi connectivity index (χ3n) is 6.65. The summed E-state index contributed by atoms with van der Waals surface area (Å²) in [6, 6.07) is 13.5. The van der Waals surface area contributed by atoms with Crippen molar-refractivity contribution < 1.29 is 17.9 Å². The largest absolute Gasteiger partial charge is 0.372 e. The second kappa shape index (κ2) is 9.59. The van der Waals surface area contributed by atoms with Gasteiger partial charge in [0.05, 0.1) is 28.7 Å². The highest BCUT2D eigenvalue weighted by Crippen LogP contribution is 2.28.